The molecule has 45 heavy (non-hydrogen) atoms. The zero-order valence-corrected chi connectivity index (χ0v) is 26.4. The number of halogens is 6. The lowest BCUT2D eigenvalue weighted by atomic mass is 9.73. The number of hydrogen-bond donors (Lipinski definition) is 0. The minimum atomic E-state index is -4.46. The first-order valence-corrected chi connectivity index (χ1v) is 15.4. The largest absolute Gasteiger partial charge is 0.465 e. The zero-order chi connectivity index (χ0) is 33.2. The normalized spacial score (nSPS) is 18.4. The number of benzene rings is 3. The predicted octanol–water partition coefficient (Wildman–Crippen LogP) is 10.2. The smallest absolute Gasteiger partial charge is 0.416 e. The van der Waals surface area contributed by atoms with Crippen molar-refractivity contribution in [3.05, 3.63) is 94.5 Å². The van der Waals surface area contributed by atoms with E-state index in [4.69, 9.17) is 4.74 Å². The molecule has 0 saturated carbocycles. The van der Waals surface area contributed by atoms with E-state index < -0.39 is 28.9 Å². The van der Waals surface area contributed by atoms with Gasteiger partial charge in [-0.3, -0.25) is 9.69 Å². The van der Waals surface area contributed by atoms with Crippen LogP contribution in [0.1, 0.15) is 93.7 Å². The summed E-state index contributed by atoms with van der Waals surface area (Å²) < 4.78 is 84.9. The summed E-state index contributed by atoms with van der Waals surface area (Å²) in [6.07, 6.45) is -6.63. The average Bonchev–Trinajstić information content (AvgIpc) is 2.99. The quantitative estimate of drug-likeness (QED) is 0.174. The number of hydrogen-bond acceptors (Lipinski definition) is 3. The summed E-state index contributed by atoms with van der Waals surface area (Å²) in [7, 11) is 0. The van der Waals surface area contributed by atoms with Crippen LogP contribution < -0.4 is 0 Å². The van der Waals surface area contributed by atoms with Gasteiger partial charge in [0.25, 0.3) is 0 Å². The molecule has 0 aromatic heterocycles. The lowest BCUT2D eigenvalue weighted by molar-refractivity contribution is -0.150. The number of alkyl halides is 6. The number of carbonyl (C=O) groups is 1. The first-order chi connectivity index (χ1) is 21.0. The van der Waals surface area contributed by atoms with Gasteiger partial charge >= 0.3 is 18.3 Å². The molecule has 2 unspecified atom stereocenters. The fraction of sp³-hybridized carbons (Fsp3) is 0.472. The number of piperidine rings is 1. The van der Waals surface area contributed by atoms with Gasteiger partial charge in [0.05, 0.1) is 23.1 Å². The molecule has 0 radical (unpaired) electrons. The second-order valence-electron chi connectivity index (χ2n) is 12.7. The number of ether oxygens (including phenoxy) is 1. The number of esters is 1. The Morgan fingerprint density at radius 2 is 1.42 bits per heavy atom. The van der Waals surface area contributed by atoms with Crippen molar-refractivity contribution in [2.75, 3.05) is 19.7 Å². The lowest BCUT2D eigenvalue weighted by Crippen LogP contribution is -2.37. The van der Waals surface area contributed by atoms with Gasteiger partial charge in [-0.25, -0.2) is 0 Å². The van der Waals surface area contributed by atoms with E-state index in [0.717, 1.165) is 60.3 Å². The van der Waals surface area contributed by atoms with Crippen LogP contribution in [0.3, 0.4) is 0 Å². The minimum Gasteiger partial charge on any atom is -0.465 e. The van der Waals surface area contributed by atoms with E-state index in [-0.39, 0.29) is 30.5 Å². The van der Waals surface area contributed by atoms with Gasteiger partial charge in [0.1, 0.15) is 0 Å². The lowest BCUT2D eigenvalue weighted by Gasteiger charge is -2.38. The van der Waals surface area contributed by atoms with Gasteiger partial charge in [0.15, 0.2) is 0 Å². The van der Waals surface area contributed by atoms with Crippen LogP contribution in [0.4, 0.5) is 26.3 Å². The maximum Gasteiger partial charge on any atom is 0.416 e. The molecule has 9 heteroatoms. The zero-order valence-electron chi connectivity index (χ0n) is 26.4. The van der Waals surface area contributed by atoms with E-state index in [1.807, 2.05) is 45.9 Å². The highest BCUT2D eigenvalue weighted by Crippen LogP contribution is 2.41. The van der Waals surface area contributed by atoms with E-state index in [0.29, 0.717) is 24.1 Å². The standard InChI is InChI=1S/C36H41F6NO2/c1-6-45-33(44)34(5,21-23(2)3)32-19-28(26-11-15-31(16-12-26)36(40,41)42)18-29(20-32)27-8-7-17-43(22-27)24(4)25-9-13-30(14-10-25)35(37,38)39/h9-16,18-20,23-24,27H,6-8,17,21-22H2,1-5H3/t24?,27?,34-/m1/s1. The molecule has 1 aliphatic rings. The molecule has 244 valence electrons. The van der Waals surface area contributed by atoms with Gasteiger partial charge < -0.3 is 4.74 Å². The molecule has 1 aliphatic heterocycles. The Morgan fingerprint density at radius 3 is 1.96 bits per heavy atom. The van der Waals surface area contributed by atoms with Crippen molar-refractivity contribution in [1.29, 1.82) is 0 Å². The predicted molar refractivity (Wildman–Crippen MR) is 164 cm³/mol. The Labute approximate surface area is 261 Å². The highest BCUT2D eigenvalue weighted by Gasteiger charge is 2.39. The van der Waals surface area contributed by atoms with E-state index in [2.05, 4.69) is 4.90 Å². The molecule has 0 aliphatic carbocycles. The number of rotatable bonds is 9. The topological polar surface area (TPSA) is 29.5 Å². The summed E-state index contributed by atoms with van der Waals surface area (Å²) in [5.74, 6) is -0.156. The molecule has 1 heterocycles. The molecule has 1 saturated heterocycles. The summed E-state index contributed by atoms with van der Waals surface area (Å²) in [6.45, 7) is 11.3. The van der Waals surface area contributed by atoms with Crippen molar-refractivity contribution >= 4 is 5.97 Å². The summed E-state index contributed by atoms with van der Waals surface area (Å²) >= 11 is 0. The third-order valence-electron chi connectivity index (χ3n) is 8.87. The van der Waals surface area contributed by atoms with Gasteiger partial charge in [-0.15, -0.1) is 0 Å². The molecule has 0 spiro atoms. The summed E-state index contributed by atoms with van der Waals surface area (Å²) in [5.41, 5.74) is 1.40. The van der Waals surface area contributed by atoms with Crippen LogP contribution in [0.2, 0.25) is 0 Å². The van der Waals surface area contributed by atoms with E-state index in [1.54, 1.807) is 6.92 Å². The summed E-state index contributed by atoms with van der Waals surface area (Å²) in [5, 5.41) is 0. The molecule has 4 rings (SSSR count). The van der Waals surface area contributed by atoms with Crippen LogP contribution in [-0.4, -0.2) is 30.6 Å². The fourth-order valence-electron chi connectivity index (χ4n) is 6.44. The van der Waals surface area contributed by atoms with Gasteiger partial charge in [-0.2, -0.15) is 26.3 Å². The van der Waals surface area contributed by atoms with Crippen LogP contribution in [0.25, 0.3) is 11.1 Å². The molecular weight excluding hydrogens is 592 g/mol. The molecule has 3 aromatic carbocycles. The van der Waals surface area contributed by atoms with Crippen molar-refractivity contribution in [3.8, 4) is 11.1 Å². The van der Waals surface area contributed by atoms with E-state index >= 15 is 0 Å². The minimum absolute atomic E-state index is 0.0364. The van der Waals surface area contributed by atoms with Crippen LogP contribution >= 0.6 is 0 Å². The van der Waals surface area contributed by atoms with Crippen molar-refractivity contribution in [2.45, 2.75) is 83.6 Å². The Balaban J connectivity index is 1.74. The van der Waals surface area contributed by atoms with Gasteiger partial charge in [0.2, 0.25) is 0 Å². The molecule has 0 N–H and O–H groups in total. The van der Waals surface area contributed by atoms with E-state index in [9.17, 15) is 31.1 Å². The summed E-state index contributed by atoms with van der Waals surface area (Å²) in [6, 6.07) is 16.1. The molecular formula is C36H41F6NO2. The maximum atomic E-state index is 13.4. The molecule has 3 nitrogen and oxygen atoms in total. The van der Waals surface area contributed by atoms with Crippen molar-refractivity contribution in [1.82, 2.24) is 4.90 Å². The molecule has 1 fully saturated rings. The maximum absolute atomic E-state index is 13.4. The molecule has 3 aromatic rings. The number of likely N-dealkylation sites (tertiary alicyclic amines) is 1. The highest BCUT2D eigenvalue weighted by atomic mass is 19.4. The summed E-state index contributed by atoms with van der Waals surface area (Å²) in [4.78, 5) is 15.7. The van der Waals surface area contributed by atoms with Gasteiger partial charge in [-0.1, -0.05) is 50.2 Å². The first-order valence-electron chi connectivity index (χ1n) is 15.4. The van der Waals surface area contributed by atoms with Gasteiger partial charge in [0, 0.05) is 12.6 Å². The van der Waals surface area contributed by atoms with Crippen molar-refractivity contribution < 1.29 is 35.9 Å². The van der Waals surface area contributed by atoms with E-state index in [1.165, 1.54) is 24.3 Å². The number of carbonyl (C=O) groups excluding carboxylic acids is 1. The van der Waals surface area contributed by atoms with Crippen LogP contribution in [0.15, 0.2) is 66.7 Å². The number of nitrogens with zero attached hydrogens (tertiary/aromatic N) is 1. The van der Waals surface area contributed by atoms with Crippen molar-refractivity contribution in [3.63, 3.8) is 0 Å². The van der Waals surface area contributed by atoms with Crippen molar-refractivity contribution in [2.24, 2.45) is 5.92 Å². The third kappa shape index (κ3) is 8.10. The Morgan fingerprint density at radius 1 is 0.844 bits per heavy atom. The van der Waals surface area contributed by atoms with Crippen LogP contribution in [0, 0.1) is 5.92 Å². The fourth-order valence-corrected chi connectivity index (χ4v) is 6.44. The first kappa shape index (κ1) is 34.5. The Hall–Kier alpha value is -3.33. The Bertz CT molecular complexity index is 1450. The molecule has 0 bridgehead atoms. The second-order valence-corrected chi connectivity index (χ2v) is 12.7. The van der Waals surface area contributed by atoms with Gasteiger partial charge in [-0.05, 0) is 117 Å². The third-order valence-corrected chi connectivity index (χ3v) is 8.87. The monoisotopic (exact) mass is 633 g/mol. The molecule has 0 amide bonds. The van der Waals surface area contributed by atoms with Crippen LogP contribution in [-0.2, 0) is 27.3 Å². The second kappa shape index (κ2) is 13.6. The highest BCUT2D eigenvalue weighted by molar-refractivity contribution is 5.84. The van der Waals surface area contributed by atoms with Crippen LogP contribution in [0.5, 0.6) is 0 Å². The molecule has 3 atom stereocenters. The average molecular weight is 634 g/mol. The Kier molecular flexibility index (Phi) is 10.4. The SMILES string of the molecule is CCOC(=O)[C@](C)(CC(C)C)c1cc(-c2ccc(C(F)(F)F)cc2)cc(C2CCCN(C(C)c3ccc(C(F)(F)F)cc3)C2)c1.